The minimum atomic E-state index is -0.804. The fourth-order valence-corrected chi connectivity index (χ4v) is 2.52. The number of carboxylic acids is 1. The maximum Gasteiger partial charge on any atom is 0.308 e. The van der Waals surface area contributed by atoms with Crippen molar-refractivity contribution in [3.05, 3.63) is 35.1 Å². The van der Waals surface area contributed by atoms with E-state index in [1.165, 1.54) is 18.2 Å². The van der Waals surface area contributed by atoms with Crippen LogP contribution in [-0.4, -0.2) is 29.1 Å². The second-order valence-electron chi connectivity index (χ2n) is 5.03. The lowest BCUT2D eigenvalue weighted by Crippen LogP contribution is -2.23. The molecular weight excluding hydrogens is 247 g/mol. The maximum absolute atomic E-state index is 13.7. The number of nitrogens with zero attached hydrogens (tertiary/aromatic N) is 2. The number of nitriles is 1. The van der Waals surface area contributed by atoms with Crippen LogP contribution < -0.4 is 0 Å². The van der Waals surface area contributed by atoms with Gasteiger partial charge in [0.25, 0.3) is 0 Å². The van der Waals surface area contributed by atoms with Crippen LogP contribution in [0.3, 0.4) is 0 Å². The van der Waals surface area contributed by atoms with Crippen molar-refractivity contribution < 1.29 is 14.3 Å². The van der Waals surface area contributed by atoms with E-state index in [0.29, 0.717) is 30.8 Å². The maximum atomic E-state index is 13.7. The smallest absolute Gasteiger partial charge is 0.308 e. The van der Waals surface area contributed by atoms with Crippen molar-refractivity contribution in [1.82, 2.24) is 4.90 Å². The van der Waals surface area contributed by atoms with Gasteiger partial charge < -0.3 is 5.11 Å². The van der Waals surface area contributed by atoms with Gasteiger partial charge in [0.1, 0.15) is 5.82 Å². The molecule has 1 fully saturated rings. The van der Waals surface area contributed by atoms with E-state index in [1.807, 2.05) is 17.9 Å². The summed E-state index contributed by atoms with van der Waals surface area (Å²) in [6.45, 7) is 3.29. The molecule has 1 saturated heterocycles. The first-order valence-electron chi connectivity index (χ1n) is 6.15. The molecule has 0 aliphatic carbocycles. The zero-order chi connectivity index (χ0) is 14.0. The second-order valence-corrected chi connectivity index (χ2v) is 5.03. The highest BCUT2D eigenvalue weighted by atomic mass is 19.1. The van der Waals surface area contributed by atoms with Crippen LogP contribution in [0, 0.1) is 29.0 Å². The topological polar surface area (TPSA) is 64.3 Å². The summed E-state index contributed by atoms with van der Waals surface area (Å²) >= 11 is 0. The second kappa shape index (κ2) is 5.37. The van der Waals surface area contributed by atoms with Crippen LogP contribution in [0.15, 0.2) is 18.2 Å². The van der Waals surface area contributed by atoms with Crippen molar-refractivity contribution in [1.29, 1.82) is 5.26 Å². The zero-order valence-electron chi connectivity index (χ0n) is 10.6. The Bertz CT molecular complexity index is 539. The number of hydrogen-bond acceptors (Lipinski definition) is 3. The first-order chi connectivity index (χ1) is 9.01. The molecule has 0 spiro atoms. The Labute approximate surface area is 111 Å². The Morgan fingerprint density at radius 2 is 2.32 bits per heavy atom. The molecule has 19 heavy (non-hydrogen) atoms. The predicted molar refractivity (Wildman–Crippen MR) is 66.7 cm³/mol. The number of carbonyl (C=O) groups is 1. The van der Waals surface area contributed by atoms with Gasteiger partial charge in [0, 0.05) is 25.2 Å². The standard InChI is InChI=1S/C14H15FN2O2/c1-9-6-17(8-12(9)14(18)19)7-11-4-10(5-16)2-3-13(11)15/h2-4,9,12H,6-8H2,1H3,(H,18,19)/t9-,12-/m1/s1. The number of likely N-dealkylation sites (tertiary alicyclic amines) is 1. The van der Waals surface area contributed by atoms with Crippen molar-refractivity contribution in [2.45, 2.75) is 13.5 Å². The molecular formula is C14H15FN2O2. The fraction of sp³-hybridized carbons (Fsp3) is 0.429. The Balaban J connectivity index is 2.11. The minimum absolute atomic E-state index is 0.0553. The van der Waals surface area contributed by atoms with E-state index in [4.69, 9.17) is 10.4 Å². The lowest BCUT2D eigenvalue weighted by molar-refractivity contribution is -0.142. The Morgan fingerprint density at radius 1 is 1.58 bits per heavy atom. The van der Waals surface area contributed by atoms with Crippen LogP contribution in [0.5, 0.6) is 0 Å². The summed E-state index contributed by atoms with van der Waals surface area (Å²) in [7, 11) is 0. The predicted octanol–water partition coefficient (Wildman–Crippen LogP) is 1.85. The summed E-state index contributed by atoms with van der Waals surface area (Å²) in [5, 5.41) is 17.9. The summed E-state index contributed by atoms with van der Waals surface area (Å²) in [6.07, 6.45) is 0. The summed E-state index contributed by atoms with van der Waals surface area (Å²) in [6, 6.07) is 6.21. The van der Waals surface area contributed by atoms with E-state index < -0.39 is 11.9 Å². The van der Waals surface area contributed by atoms with E-state index in [-0.39, 0.29) is 11.7 Å². The van der Waals surface area contributed by atoms with Gasteiger partial charge in [0.05, 0.1) is 17.6 Å². The molecule has 100 valence electrons. The summed E-state index contributed by atoms with van der Waals surface area (Å²) < 4.78 is 13.7. The van der Waals surface area contributed by atoms with E-state index in [2.05, 4.69) is 0 Å². The number of benzene rings is 1. The summed E-state index contributed by atoms with van der Waals surface area (Å²) in [5.41, 5.74) is 0.857. The number of hydrogen-bond donors (Lipinski definition) is 1. The SMILES string of the molecule is C[C@@H]1CN(Cc2cc(C#N)ccc2F)C[C@H]1C(=O)O. The molecule has 1 heterocycles. The molecule has 1 aliphatic rings. The largest absolute Gasteiger partial charge is 0.481 e. The molecule has 0 unspecified atom stereocenters. The van der Waals surface area contributed by atoms with Crippen LogP contribution in [0.1, 0.15) is 18.1 Å². The summed E-state index contributed by atoms with van der Waals surface area (Å²) in [4.78, 5) is 13.0. The van der Waals surface area contributed by atoms with Gasteiger partial charge in [-0.05, 0) is 24.1 Å². The molecule has 0 aromatic heterocycles. The number of rotatable bonds is 3. The van der Waals surface area contributed by atoms with Crippen molar-refractivity contribution in [2.24, 2.45) is 11.8 Å². The monoisotopic (exact) mass is 262 g/mol. The first-order valence-corrected chi connectivity index (χ1v) is 6.15. The third kappa shape index (κ3) is 2.91. The van der Waals surface area contributed by atoms with Gasteiger partial charge >= 0.3 is 5.97 Å². The molecule has 2 rings (SSSR count). The van der Waals surface area contributed by atoms with Crippen LogP contribution in [0.25, 0.3) is 0 Å². The lowest BCUT2D eigenvalue weighted by atomic mass is 9.99. The highest BCUT2D eigenvalue weighted by Gasteiger charge is 2.34. The Hall–Kier alpha value is -1.93. The molecule has 1 aromatic rings. The van der Waals surface area contributed by atoms with E-state index in [0.717, 1.165) is 0 Å². The van der Waals surface area contributed by atoms with E-state index in [1.54, 1.807) is 0 Å². The van der Waals surface area contributed by atoms with Gasteiger partial charge in [-0.15, -0.1) is 0 Å². The normalized spacial score (nSPS) is 23.2. The van der Waals surface area contributed by atoms with Crippen molar-refractivity contribution >= 4 is 5.97 Å². The first kappa shape index (κ1) is 13.5. The molecule has 1 aromatic carbocycles. The average molecular weight is 262 g/mol. The molecule has 1 N–H and O–H groups in total. The molecule has 5 heteroatoms. The lowest BCUT2D eigenvalue weighted by Gasteiger charge is -2.15. The fourth-order valence-electron chi connectivity index (χ4n) is 2.52. The van der Waals surface area contributed by atoms with Crippen molar-refractivity contribution in [3.63, 3.8) is 0 Å². The number of halogens is 1. The van der Waals surface area contributed by atoms with Gasteiger partial charge in [-0.3, -0.25) is 9.69 Å². The van der Waals surface area contributed by atoms with Crippen LogP contribution >= 0.6 is 0 Å². The molecule has 2 atom stereocenters. The van der Waals surface area contributed by atoms with Gasteiger partial charge in [0.2, 0.25) is 0 Å². The molecule has 0 bridgehead atoms. The molecule has 4 nitrogen and oxygen atoms in total. The minimum Gasteiger partial charge on any atom is -0.481 e. The Morgan fingerprint density at radius 3 is 2.89 bits per heavy atom. The molecule has 0 radical (unpaired) electrons. The van der Waals surface area contributed by atoms with Crippen LogP contribution in [0.4, 0.5) is 4.39 Å². The molecule has 1 aliphatic heterocycles. The molecule has 0 saturated carbocycles. The highest BCUT2D eigenvalue weighted by molar-refractivity contribution is 5.71. The van der Waals surface area contributed by atoms with Gasteiger partial charge in [-0.25, -0.2) is 4.39 Å². The van der Waals surface area contributed by atoms with Crippen LogP contribution in [0.2, 0.25) is 0 Å². The van der Waals surface area contributed by atoms with Gasteiger partial charge in [-0.2, -0.15) is 5.26 Å². The quantitative estimate of drug-likeness (QED) is 0.903. The summed E-state index contributed by atoms with van der Waals surface area (Å²) in [5.74, 6) is -1.51. The number of aliphatic carboxylic acids is 1. The Kier molecular flexibility index (Phi) is 3.82. The van der Waals surface area contributed by atoms with Crippen molar-refractivity contribution in [3.8, 4) is 6.07 Å². The van der Waals surface area contributed by atoms with Crippen LogP contribution in [-0.2, 0) is 11.3 Å². The van der Waals surface area contributed by atoms with E-state index in [9.17, 15) is 9.18 Å². The molecule has 0 amide bonds. The number of carboxylic acid groups (broad SMARTS) is 1. The van der Waals surface area contributed by atoms with Crippen molar-refractivity contribution in [2.75, 3.05) is 13.1 Å². The van der Waals surface area contributed by atoms with Gasteiger partial charge in [-0.1, -0.05) is 6.92 Å². The third-order valence-electron chi connectivity index (χ3n) is 3.57. The highest BCUT2D eigenvalue weighted by Crippen LogP contribution is 2.25. The third-order valence-corrected chi connectivity index (χ3v) is 3.57. The van der Waals surface area contributed by atoms with Gasteiger partial charge in [0.15, 0.2) is 0 Å². The average Bonchev–Trinajstić information content (AvgIpc) is 2.73. The zero-order valence-corrected chi connectivity index (χ0v) is 10.6. The van der Waals surface area contributed by atoms with E-state index >= 15 is 0 Å².